The molecule has 0 aliphatic carbocycles. The topological polar surface area (TPSA) is 55.4 Å². The van der Waals surface area contributed by atoms with Gasteiger partial charge in [0.15, 0.2) is 17.9 Å². The maximum atomic E-state index is 5.97. The molecule has 6 heteroatoms. The van der Waals surface area contributed by atoms with Gasteiger partial charge >= 0.3 is 0 Å². The smallest absolute Gasteiger partial charge is 0.190 e. The molecule has 3 fully saturated rings. The van der Waals surface area contributed by atoms with Crippen LogP contribution in [0, 0.1) is 0 Å². The molecule has 3 aliphatic rings. The highest BCUT2D eigenvalue weighted by molar-refractivity contribution is 4.99. The summed E-state index contributed by atoms with van der Waals surface area (Å²) in [5.74, 6) is -1.31. The van der Waals surface area contributed by atoms with Crippen LogP contribution in [0.4, 0.5) is 0 Å². The summed E-state index contributed by atoms with van der Waals surface area (Å²) in [4.78, 5) is 0. The second-order valence-corrected chi connectivity index (χ2v) is 6.16. The normalized spacial score (nSPS) is 46.9. The van der Waals surface area contributed by atoms with Crippen molar-refractivity contribution in [3.05, 3.63) is 0 Å². The van der Waals surface area contributed by atoms with Crippen molar-refractivity contribution in [3.63, 3.8) is 0 Å². The predicted molar refractivity (Wildman–Crippen MR) is 64.4 cm³/mol. The second kappa shape index (κ2) is 4.38. The van der Waals surface area contributed by atoms with Gasteiger partial charge in [0.05, 0.1) is 6.61 Å². The Hall–Kier alpha value is -0.240. The molecule has 2 unspecified atom stereocenters. The van der Waals surface area contributed by atoms with Gasteiger partial charge in [0, 0.05) is 7.11 Å². The van der Waals surface area contributed by atoms with E-state index in [1.165, 1.54) is 0 Å². The quantitative estimate of drug-likeness (QED) is 0.749. The van der Waals surface area contributed by atoms with Gasteiger partial charge in [0.2, 0.25) is 0 Å². The Morgan fingerprint density at radius 2 is 1.42 bits per heavy atom. The fourth-order valence-electron chi connectivity index (χ4n) is 2.99. The zero-order chi connectivity index (χ0) is 13.8. The van der Waals surface area contributed by atoms with Crippen LogP contribution in [0.3, 0.4) is 0 Å². The van der Waals surface area contributed by atoms with Gasteiger partial charge in [-0.25, -0.2) is 0 Å². The van der Waals surface area contributed by atoms with Crippen LogP contribution < -0.4 is 0 Å². The van der Waals surface area contributed by atoms with Crippen molar-refractivity contribution < 1.29 is 28.4 Å². The van der Waals surface area contributed by atoms with Gasteiger partial charge in [-0.05, 0) is 27.7 Å². The molecule has 3 heterocycles. The summed E-state index contributed by atoms with van der Waals surface area (Å²) < 4.78 is 34.7. The lowest BCUT2D eigenvalue weighted by Crippen LogP contribution is -2.56. The summed E-state index contributed by atoms with van der Waals surface area (Å²) in [5.41, 5.74) is 0. The van der Waals surface area contributed by atoms with Crippen LogP contribution in [0.25, 0.3) is 0 Å². The third kappa shape index (κ3) is 2.41. The van der Waals surface area contributed by atoms with Gasteiger partial charge in [-0.3, -0.25) is 0 Å². The van der Waals surface area contributed by atoms with E-state index in [0.29, 0.717) is 6.61 Å². The average molecular weight is 274 g/mol. The highest BCUT2D eigenvalue weighted by Gasteiger charge is 2.60. The Morgan fingerprint density at radius 3 is 2.11 bits per heavy atom. The van der Waals surface area contributed by atoms with Crippen LogP contribution in [0.5, 0.6) is 0 Å². The predicted octanol–water partition coefficient (Wildman–Crippen LogP) is 1.03. The molecule has 0 aromatic carbocycles. The van der Waals surface area contributed by atoms with Crippen LogP contribution in [-0.2, 0) is 28.4 Å². The Morgan fingerprint density at radius 1 is 0.842 bits per heavy atom. The van der Waals surface area contributed by atoms with Crippen molar-refractivity contribution in [1.29, 1.82) is 0 Å². The van der Waals surface area contributed by atoms with Crippen molar-refractivity contribution in [2.45, 2.75) is 70.0 Å². The van der Waals surface area contributed by atoms with Crippen molar-refractivity contribution in [2.75, 3.05) is 13.7 Å². The van der Waals surface area contributed by atoms with Crippen molar-refractivity contribution in [1.82, 2.24) is 0 Å². The standard InChI is InChI=1S/C13H22O6/c1-12(2)16-8-7(6-14-5)15-11-10(9(8)17-12)18-13(3,4)19-11/h7-11H,6H2,1-5H3/t7-,8+,9+,10?,11?/m1/s1. The molecule has 0 N–H and O–H groups in total. The molecular formula is C13H22O6. The molecule has 6 nitrogen and oxygen atoms in total. The number of rotatable bonds is 2. The number of fused-ring (bicyclic) bond motifs is 3. The van der Waals surface area contributed by atoms with E-state index in [0.717, 1.165) is 0 Å². The first kappa shape index (κ1) is 13.7. The summed E-state index contributed by atoms with van der Waals surface area (Å²) in [7, 11) is 1.64. The summed E-state index contributed by atoms with van der Waals surface area (Å²) in [6, 6.07) is 0. The van der Waals surface area contributed by atoms with E-state index in [-0.39, 0.29) is 24.4 Å². The van der Waals surface area contributed by atoms with Gasteiger partial charge in [-0.2, -0.15) is 0 Å². The van der Waals surface area contributed by atoms with Gasteiger partial charge < -0.3 is 28.4 Å². The largest absolute Gasteiger partial charge is 0.382 e. The lowest BCUT2D eigenvalue weighted by molar-refractivity contribution is -0.241. The third-order valence-electron chi connectivity index (χ3n) is 3.58. The molecule has 0 radical (unpaired) electrons. The molecule has 3 saturated heterocycles. The molecule has 0 bridgehead atoms. The molecule has 19 heavy (non-hydrogen) atoms. The van der Waals surface area contributed by atoms with Crippen molar-refractivity contribution >= 4 is 0 Å². The van der Waals surface area contributed by atoms with E-state index in [1.54, 1.807) is 7.11 Å². The summed E-state index contributed by atoms with van der Waals surface area (Å²) >= 11 is 0. The molecule has 3 aliphatic heterocycles. The maximum absolute atomic E-state index is 5.97. The van der Waals surface area contributed by atoms with E-state index in [2.05, 4.69) is 0 Å². The molecule has 0 amide bonds. The minimum absolute atomic E-state index is 0.198. The lowest BCUT2D eigenvalue weighted by atomic mass is 9.99. The monoisotopic (exact) mass is 274 g/mol. The van der Waals surface area contributed by atoms with Crippen molar-refractivity contribution in [3.8, 4) is 0 Å². The number of hydrogen-bond acceptors (Lipinski definition) is 6. The van der Waals surface area contributed by atoms with Gasteiger partial charge in [0.1, 0.15) is 24.4 Å². The fraction of sp³-hybridized carbons (Fsp3) is 1.00. The van der Waals surface area contributed by atoms with Gasteiger partial charge in [0.25, 0.3) is 0 Å². The Balaban J connectivity index is 1.84. The zero-order valence-electron chi connectivity index (χ0n) is 12.0. The SMILES string of the molecule is COC[C@H]1OC2OC(C)(C)OC2[C@H]2OC(C)(C)O[C@H]21. The van der Waals surface area contributed by atoms with Crippen molar-refractivity contribution in [2.24, 2.45) is 0 Å². The first-order valence-electron chi connectivity index (χ1n) is 6.67. The molecule has 0 aromatic rings. The van der Waals surface area contributed by atoms with Crippen LogP contribution in [0.1, 0.15) is 27.7 Å². The van der Waals surface area contributed by atoms with E-state index >= 15 is 0 Å². The van der Waals surface area contributed by atoms with E-state index in [4.69, 9.17) is 28.4 Å². The summed E-state index contributed by atoms with van der Waals surface area (Å²) in [6.45, 7) is 7.97. The van der Waals surface area contributed by atoms with Crippen LogP contribution in [0.2, 0.25) is 0 Å². The van der Waals surface area contributed by atoms with Crippen LogP contribution in [-0.4, -0.2) is 56.0 Å². The van der Waals surface area contributed by atoms with E-state index in [9.17, 15) is 0 Å². The number of methoxy groups -OCH3 is 1. The molecule has 3 rings (SSSR count). The minimum atomic E-state index is -0.669. The van der Waals surface area contributed by atoms with Crippen LogP contribution in [0.15, 0.2) is 0 Å². The highest BCUT2D eigenvalue weighted by Crippen LogP contribution is 2.43. The second-order valence-electron chi connectivity index (χ2n) is 6.16. The zero-order valence-corrected chi connectivity index (χ0v) is 12.0. The average Bonchev–Trinajstić information content (AvgIpc) is 2.74. The fourth-order valence-corrected chi connectivity index (χ4v) is 2.99. The summed E-state index contributed by atoms with van der Waals surface area (Å²) in [6.07, 6.45) is -1.32. The third-order valence-corrected chi connectivity index (χ3v) is 3.58. The first-order chi connectivity index (χ1) is 8.81. The van der Waals surface area contributed by atoms with E-state index in [1.807, 2.05) is 27.7 Å². The maximum Gasteiger partial charge on any atom is 0.190 e. The van der Waals surface area contributed by atoms with Gasteiger partial charge in [-0.1, -0.05) is 0 Å². The summed E-state index contributed by atoms with van der Waals surface area (Å²) in [5, 5.41) is 0. The first-order valence-corrected chi connectivity index (χ1v) is 6.67. The molecule has 110 valence electrons. The van der Waals surface area contributed by atoms with Gasteiger partial charge in [-0.15, -0.1) is 0 Å². The number of ether oxygens (including phenoxy) is 6. The lowest BCUT2D eigenvalue weighted by Gasteiger charge is -2.36. The molecule has 0 saturated carbocycles. The van der Waals surface area contributed by atoms with E-state index < -0.39 is 17.9 Å². The molecular weight excluding hydrogens is 252 g/mol. The highest BCUT2D eigenvalue weighted by atomic mass is 16.9. The Labute approximate surface area is 113 Å². The van der Waals surface area contributed by atoms with Crippen LogP contribution >= 0.6 is 0 Å². The minimum Gasteiger partial charge on any atom is -0.382 e. The molecule has 0 aromatic heterocycles. The molecule has 0 spiro atoms. The Bertz CT molecular complexity index is 355. The molecule has 5 atom stereocenters. The Kier molecular flexibility index (Phi) is 3.16. The number of hydrogen-bond donors (Lipinski definition) is 0.